The summed E-state index contributed by atoms with van der Waals surface area (Å²) in [4.78, 5) is 24.9. The molecule has 0 radical (unpaired) electrons. The number of piperidine rings is 1. The van der Waals surface area contributed by atoms with Crippen molar-refractivity contribution in [1.82, 2.24) is 20.2 Å². The summed E-state index contributed by atoms with van der Waals surface area (Å²) < 4.78 is 10.5. The molecule has 1 aliphatic carbocycles. The van der Waals surface area contributed by atoms with Gasteiger partial charge in [-0.2, -0.15) is 4.98 Å². The number of amides is 1. The zero-order chi connectivity index (χ0) is 24.5. The maximum absolute atomic E-state index is 12.5. The molecule has 1 aliphatic heterocycles. The van der Waals surface area contributed by atoms with Gasteiger partial charge in [0, 0.05) is 23.5 Å². The first-order valence-corrected chi connectivity index (χ1v) is 13.8. The van der Waals surface area contributed by atoms with Gasteiger partial charge >= 0.3 is 0 Å². The van der Waals surface area contributed by atoms with Gasteiger partial charge in [-0.3, -0.25) is 4.79 Å². The lowest BCUT2D eigenvalue weighted by atomic mass is 9.96. The van der Waals surface area contributed by atoms with Gasteiger partial charge in [0.2, 0.25) is 5.91 Å². The number of likely N-dealkylation sites (tertiary alicyclic amines) is 1. The van der Waals surface area contributed by atoms with Crippen LogP contribution in [0.5, 0.6) is 11.6 Å². The lowest BCUT2D eigenvalue weighted by molar-refractivity contribution is -0.118. The number of nitrogens with zero attached hydrogens (tertiary/aromatic N) is 3. The van der Waals surface area contributed by atoms with E-state index in [0.29, 0.717) is 29.1 Å². The number of carbonyl (C=O) groups is 1. The summed E-state index contributed by atoms with van der Waals surface area (Å²) in [7, 11) is 3.12. The fourth-order valence-corrected chi connectivity index (χ4v) is 5.85. The van der Waals surface area contributed by atoms with Crippen molar-refractivity contribution in [3.63, 3.8) is 0 Å². The Kier molecular flexibility index (Phi) is 9.66. The minimum absolute atomic E-state index is 0.102. The molecule has 8 heteroatoms. The van der Waals surface area contributed by atoms with Gasteiger partial charge in [-0.25, -0.2) is 4.98 Å². The molecular weight excluding hydrogens is 460 g/mol. The highest BCUT2D eigenvalue weighted by atomic mass is 32.2. The predicted molar refractivity (Wildman–Crippen MR) is 140 cm³/mol. The number of hydrogen-bond donors (Lipinski definition) is 1. The van der Waals surface area contributed by atoms with E-state index in [1.165, 1.54) is 58.0 Å². The summed E-state index contributed by atoms with van der Waals surface area (Å²) in [5, 5.41) is 3.17. The summed E-state index contributed by atoms with van der Waals surface area (Å²) in [5.74, 6) is 3.52. The second kappa shape index (κ2) is 13.1. The maximum Gasteiger partial charge on any atom is 0.260 e. The molecule has 1 aromatic heterocycles. The fraction of sp³-hybridized carbons (Fsp3) is 0.593. The smallest absolute Gasteiger partial charge is 0.260 e. The van der Waals surface area contributed by atoms with Crippen LogP contribution in [0.1, 0.15) is 44.9 Å². The van der Waals surface area contributed by atoms with E-state index in [1.54, 1.807) is 32.2 Å². The first-order chi connectivity index (χ1) is 17.1. The van der Waals surface area contributed by atoms with Crippen LogP contribution in [0.2, 0.25) is 0 Å². The third-order valence-electron chi connectivity index (χ3n) is 7.14. The molecule has 190 valence electrons. The average molecular weight is 499 g/mol. The molecule has 2 aromatic rings. The second-order valence-electron chi connectivity index (χ2n) is 9.64. The number of aromatic nitrogens is 2. The molecule has 7 nitrogen and oxygen atoms in total. The van der Waals surface area contributed by atoms with Crippen molar-refractivity contribution in [3.8, 4) is 23.0 Å². The van der Waals surface area contributed by atoms with Gasteiger partial charge in [0.15, 0.2) is 11.6 Å². The third kappa shape index (κ3) is 7.58. The first kappa shape index (κ1) is 25.8. The highest BCUT2D eigenvalue weighted by Gasteiger charge is 2.22. The van der Waals surface area contributed by atoms with Gasteiger partial charge in [-0.1, -0.05) is 37.8 Å². The molecule has 2 fully saturated rings. The monoisotopic (exact) mass is 498 g/mol. The standard InChI is InChI=1S/C27H38N4O3S/c1-33-24-17-29-26(30-27(24)34-2)22-9-11-23(12-10-22)35-19-25(32)28-16-21-8-5-14-31(18-21)15-13-20-6-3-4-7-20/h9-12,17,20-21H,3-8,13-16,18-19H2,1-2H3,(H,28,32). The molecule has 2 heterocycles. The van der Waals surface area contributed by atoms with Gasteiger partial charge in [0.25, 0.3) is 5.88 Å². The van der Waals surface area contributed by atoms with Crippen LogP contribution in [0.15, 0.2) is 35.4 Å². The van der Waals surface area contributed by atoms with E-state index < -0.39 is 0 Å². The SMILES string of the molecule is COc1cnc(-c2ccc(SCC(=O)NCC3CCCN(CCC4CCCC4)C3)cc2)nc1OC. The molecule has 1 saturated heterocycles. The van der Waals surface area contributed by atoms with E-state index in [-0.39, 0.29) is 5.91 Å². The van der Waals surface area contributed by atoms with E-state index in [2.05, 4.69) is 20.2 Å². The van der Waals surface area contributed by atoms with Crippen molar-refractivity contribution in [2.24, 2.45) is 11.8 Å². The molecule has 1 atom stereocenters. The number of rotatable bonds is 11. The van der Waals surface area contributed by atoms with Crippen molar-refractivity contribution in [2.45, 2.75) is 49.8 Å². The Hall–Kier alpha value is -2.32. The van der Waals surface area contributed by atoms with Gasteiger partial charge in [0.05, 0.1) is 26.2 Å². The Morgan fingerprint density at radius 1 is 1.09 bits per heavy atom. The second-order valence-corrected chi connectivity index (χ2v) is 10.7. The molecule has 35 heavy (non-hydrogen) atoms. The molecule has 0 bridgehead atoms. The average Bonchev–Trinajstić information content (AvgIpc) is 3.43. The van der Waals surface area contributed by atoms with E-state index in [0.717, 1.165) is 29.5 Å². The third-order valence-corrected chi connectivity index (χ3v) is 8.15. The molecule has 0 spiro atoms. The van der Waals surface area contributed by atoms with Gasteiger partial charge < -0.3 is 19.7 Å². The van der Waals surface area contributed by atoms with Crippen molar-refractivity contribution in [2.75, 3.05) is 46.2 Å². The summed E-state index contributed by atoms with van der Waals surface area (Å²) in [6.45, 7) is 4.36. The number of thioether (sulfide) groups is 1. The van der Waals surface area contributed by atoms with Gasteiger partial charge in [-0.05, 0) is 56.3 Å². The van der Waals surface area contributed by atoms with E-state index in [9.17, 15) is 4.79 Å². The summed E-state index contributed by atoms with van der Waals surface area (Å²) >= 11 is 1.55. The predicted octanol–water partition coefficient (Wildman–Crippen LogP) is 4.66. The Morgan fingerprint density at radius 3 is 2.60 bits per heavy atom. The normalized spacial score (nSPS) is 19.0. The molecule has 1 amide bonds. The summed E-state index contributed by atoms with van der Waals surface area (Å²) in [5.41, 5.74) is 0.884. The minimum atomic E-state index is 0.102. The van der Waals surface area contributed by atoms with Crippen molar-refractivity contribution in [3.05, 3.63) is 30.5 Å². The van der Waals surface area contributed by atoms with Crippen LogP contribution >= 0.6 is 11.8 Å². The highest BCUT2D eigenvalue weighted by molar-refractivity contribution is 8.00. The largest absolute Gasteiger partial charge is 0.490 e. The van der Waals surface area contributed by atoms with Crippen LogP contribution in [0.4, 0.5) is 0 Å². The molecular formula is C27H38N4O3S. The van der Waals surface area contributed by atoms with Crippen LogP contribution < -0.4 is 14.8 Å². The van der Waals surface area contributed by atoms with Crippen molar-refractivity contribution >= 4 is 17.7 Å². The van der Waals surface area contributed by atoms with E-state index in [1.807, 2.05) is 24.3 Å². The Morgan fingerprint density at radius 2 is 1.86 bits per heavy atom. The summed E-state index contributed by atoms with van der Waals surface area (Å²) in [6.07, 6.45) is 11.1. The Balaban J connectivity index is 1.18. The van der Waals surface area contributed by atoms with Crippen LogP contribution in [0.3, 0.4) is 0 Å². The highest BCUT2D eigenvalue weighted by Crippen LogP contribution is 2.29. The van der Waals surface area contributed by atoms with Gasteiger partial charge in [-0.15, -0.1) is 11.8 Å². The molecule has 1 aromatic carbocycles. The van der Waals surface area contributed by atoms with Crippen LogP contribution in [-0.2, 0) is 4.79 Å². The lowest BCUT2D eigenvalue weighted by Gasteiger charge is -2.33. The zero-order valence-corrected chi connectivity index (χ0v) is 21.8. The first-order valence-electron chi connectivity index (χ1n) is 12.8. The Labute approximate surface area is 213 Å². The van der Waals surface area contributed by atoms with Crippen LogP contribution in [0, 0.1) is 11.8 Å². The number of methoxy groups -OCH3 is 2. The molecule has 2 aliphatic rings. The molecule has 1 N–H and O–H groups in total. The zero-order valence-electron chi connectivity index (χ0n) is 21.0. The van der Waals surface area contributed by atoms with Crippen molar-refractivity contribution in [1.29, 1.82) is 0 Å². The van der Waals surface area contributed by atoms with Crippen LogP contribution in [-0.4, -0.2) is 66.9 Å². The Bertz CT molecular complexity index is 950. The summed E-state index contributed by atoms with van der Waals surface area (Å²) in [6, 6.07) is 7.92. The topological polar surface area (TPSA) is 76.6 Å². The van der Waals surface area contributed by atoms with Crippen molar-refractivity contribution < 1.29 is 14.3 Å². The number of ether oxygens (including phenoxy) is 2. The van der Waals surface area contributed by atoms with E-state index in [4.69, 9.17) is 9.47 Å². The number of nitrogens with one attached hydrogen (secondary N) is 1. The lowest BCUT2D eigenvalue weighted by Crippen LogP contribution is -2.41. The van der Waals surface area contributed by atoms with Crippen LogP contribution in [0.25, 0.3) is 11.4 Å². The minimum Gasteiger partial charge on any atom is -0.490 e. The number of hydrogen-bond acceptors (Lipinski definition) is 7. The number of carbonyl (C=O) groups excluding carboxylic acids is 1. The number of benzene rings is 1. The quantitative estimate of drug-likeness (QED) is 0.452. The fourth-order valence-electron chi connectivity index (χ4n) is 5.12. The van der Waals surface area contributed by atoms with Gasteiger partial charge in [0.1, 0.15) is 0 Å². The van der Waals surface area contributed by atoms with E-state index >= 15 is 0 Å². The molecule has 4 rings (SSSR count). The molecule has 1 saturated carbocycles. The maximum atomic E-state index is 12.5. The molecule has 1 unspecified atom stereocenters.